The molecule has 0 saturated heterocycles. The molecule has 48 heavy (non-hydrogen) atoms. The van der Waals surface area contributed by atoms with Crippen molar-refractivity contribution in [3.63, 3.8) is 0 Å². The predicted molar refractivity (Wildman–Crippen MR) is 202 cm³/mol. The minimum atomic E-state index is -0.411. The van der Waals surface area contributed by atoms with E-state index in [2.05, 4.69) is 152 Å². The van der Waals surface area contributed by atoms with Gasteiger partial charge >= 0.3 is 0 Å². The van der Waals surface area contributed by atoms with Gasteiger partial charge in [-0.05, 0) is 111 Å². The van der Waals surface area contributed by atoms with E-state index in [1.54, 1.807) is 12.1 Å². The van der Waals surface area contributed by atoms with Gasteiger partial charge in [-0.25, -0.2) is 4.39 Å². The van der Waals surface area contributed by atoms with Crippen LogP contribution in [0.4, 0.5) is 21.5 Å². The van der Waals surface area contributed by atoms with Gasteiger partial charge in [-0.2, -0.15) is 0 Å². The maximum atomic E-state index is 14.9. The fourth-order valence-electron chi connectivity index (χ4n) is 7.39. The highest BCUT2D eigenvalue weighted by atomic mass is 32.1. The smallest absolute Gasteiger partial charge is 0.123 e. The van der Waals surface area contributed by atoms with E-state index < -0.39 is 5.41 Å². The van der Waals surface area contributed by atoms with Crippen molar-refractivity contribution < 1.29 is 4.39 Å². The Hall–Kier alpha value is -5.51. The van der Waals surface area contributed by atoms with Crippen LogP contribution in [-0.4, -0.2) is 0 Å². The molecule has 1 nitrogen and oxygen atoms in total. The summed E-state index contributed by atoms with van der Waals surface area (Å²) < 4.78 is 17.5. The Morgan fingerprint density at radius 1 is 0.458 bits per heavy atom. The van der Waals surface area contributed by atoms with Crippen LogP contribution in [0.5, 0.6) is 0 Å². The summed E-state index contributed by atoms with van der Waals surface area (Å²) in [5.74, 6) is -0.219. The molecule has 1 aromatic heterocycles. The van der Waals surface area contributed by atoms with Crippen LogP contribution in [-0.2, 0) is 5.41 Å². The van der Waals surface area contributed by atoms with Crippen LogP contribution >= 0.6 is 11.3 Å². The molecule has 0 spiro atoms. The minimum absolute atomic E-state index is 0.219. The third-order valence-corrected chi connectivity index (χ3v) is 11.1. The summed E-state index contributed by atoms with van der Waals surface area (Å²) in [6.07, 6.45) is 0. The van der Waals surface area contributed by atoms with E-state index in [1.165, 1.54) is 42.4 Å². The molecule has 7 aromatic carbocycles. The van der Waals surface area contributed by atoms with E-state index in [9.17, 15) is 4.39 Å². The van der Waals surface area contributed by atoms with Crippen molar-refractivity contribution in [1.29, 1.82) is 0 Å². The van der Waals surface area contributed by atoms with Crippen molar-refractivity contribution in [3.8, 4) is 33.4 Å². The Bertz CT molecular complexity index is 2490. The molecule has 0 radical (unpaired) electrons. The van der Waals surface area contributed by atoms with Gasteiger partial charge < -0.3 is 4.90 Å². The number of rotatable bonds is 4. The van der Waals surface area contributed by atoms with Crippen molar-refractivity contribution in [3.05, 3.63) is 175 Å². The summed E-state index contributed by atoms with van der Waals surface area (Å²) in [4.78, 5) is 2.28. The molecule has 3 heteroatoms. The average Bonchev–Trinajstić information content (AvgIpc) is 3.51. The molecule has 2 heterocycles. The van der Waals surface area contributed by atoms with Gasteiger partial charge in [0.05, 0.1) is 11.4 Å². The molecule has 0 saturated carbocycles. The number of fused-ring (bicyclic) bond motifs is 5. The van der Waals surface area contributed by atoms with Crippen molar-refractivity contribution in [1.82, 2.24) is 0 Å². The summed E-state index contributed by atoms with van der Waals surface area (Å²) in [7, 11) is 0. The Labute approximate surface area is 284 Å². The highest BCUT2D eigenvalue weighted by Crippen LogP contribution is 2.53. The zero-order valence-corrected chi connectivity index (χ0v) is 27.6. The normalized spacial score (nSPS) is 13.4. The number of hydrogen-bond donors (Lipinski definition) is 0. The van der Waals surface area contributed by atoms with Gasteiger partial charge in [-0.1, -0.05) is 105 Å². The predicted octanol–water partition coefficient (Wildman–Crippen LogP) is 13.3. The number of nitrogens with zero attached hydrogens (tertiary/aromatic N) is 1. The van der Waals surface area contributed by atoms with Gasteiger partial charge in [0.25, 0.3) is 0 Å². The lowest BCUT2D eigenvalue weighted by Crippen LogP contribution is -2.30. The molecule has 8 aromatic rings. The lowest BCUT2D eigenvalue weighted by atomic mass is 9.72. The average molecular weight is 638 g/mol. The molecule has 0 N–H and O–H groups in total. The fraction of sp³-hybridized carbons (Fsp3) is 0.0667. The summed E-state index contributed by atoms with van der Waals surface area (Å²) in [5.41, 5.74) is 11.9. The third kappa shape index (κ3) is 4.65. The van der Waals surface area contributed by atoms with Gasteiger partial charge in [0.1, 0.15) is 5.82 Å². The van der Waals surface area contributed by atoms with Crippen LogP contribution in [0.15, 0.2) is 158 Å². The van der Waals surface area contributed by atoms with Gasteiger partial charge in [-0.15, -0.1) is 11.3 Å². The fourth-order valence-corrected chi connectivity index (χ4v) is 8.47. The van der Waals surface area contributed by atoms with E-state index in [-0.39, 0.29) is 5.82 Å². The summed E-state index contributed by atoms with van der Waals surface area (Å²) in [6.45, 7) is 4.42. The van der Waals surface area contributed by atoms with Crippen LogP contribution in [0.25, 0.3) is 53.6 Å². The van der Waals surface area contributed by atoms with E-state index in [4.69, 9.17) is 0 Å². The van der Waals surface area contributed by atoms with Crippen LogP contribution in [0.3, 0.4) is 0 Å². The van der Waals surface area contributed by atoms with Crippen LogP contribution < -0.4 is 4.90 Å². The lowest BCUT2D eigenvalue weighted by Gasteiger charge is -2.42. The van der Waals surface area contributed by atoms with Crippen LogP contribution in [0.1, 0.15) is 25.0 Å². The number of hydrogen-bond acceptors (Lipinski definition) is 2. The highest BCUT2D eigenvalue weighted by molar-refractivity contribution is 7.25. The van der Waals surface area contributed by atoms with Crippen molar-refractivity contribution >= 4 is 48.6 Å². The number of thiophene rings is 1. The second-order valence-corrected chi connectivity index (χ2v) is 14.2. The van der Waals surface area contributed by atoms with Crippen molar-refractivity contribution in [2.75, 3.05) is 4.90 Å². The van der Waals surface area contributed by atoms with Gasteiger partial charge in [0.15, 0.2) is 0 Å². The Balaban J connectivity index is 1.14. The number of benzene rings is 7. The molecule has 1 aliphatic rings. The molecule has 0 unspecified atom stereocenters. The molecular weight excluding hydrogens is 606 g/mol. The maximum absolute atomic E-state index is 14.9. The van der Waals surface area contributed by atoms with Gasteiger partial charge in [-0.3, -0.25) is 0 Å². The first-order chi connectivity index (χ1) is 23.4. The zero-order chi connectivity index (χ0) is 32.4. The molecule has 0 bridgehead atoms. The topological polar surface area (TPSA) is 3.24 Å². The molecule has 0 fully saturated rings. The standard InChI is InChI=1S/C45H32FNS/c1-45(2)39-27-34(32-12-8-11-31(25-32)33-18-24-44-38(26-33)37-13-6-7-14-43(37)48-44)17-22-41(39)47(42-23-19-35(46)28-40(42)45)36-20-15-30(16-21-36)29-9-4-3-5-10-29/h3-28H,1-2H3. The highest BCUT2D eigenvalue weighted by Gasteiger charge is 2.37. The number of anilines is 3. The molecule has 9 rings (SSSR count). The van der Waals surface area contributed by atoms with Crippen LogP contribution in [0.2, 0.25) is 0 Å². The SMILES string of the molecule is CC1(C)c2cc(F)ccc2N(c2ccc(-c3ccccc3)cc2)c2ccc(-c3cccc(-c4ccc5sc6ccccc6c5c4)c3)cc21. The first-order valence-corrected chi connectivity index (χ1v) is 17.2. The molecule has 0 aliphatic carbocycles. The minimum Gasteiger partial charge on any atom is -0.310 e. The molecule has 230 valence electrons. The van der Waals surface area contributed by atoms with Gasteiger partial charge in [0, 0.05) is 31.3 Å². The summed E-state index contributed by atoms with van der Waals surface area (Å²) in [5, 5.41) is 2.61. The molecule has 1 aliphatic heterocycles. The van der Waals surface area contributed by atoms with E-state index in [0.717, 1.165) is 39.3 Å². The van der Waals surface area contributed by atoms with Crippen LogP contribution in [0, 0.1) is 5.82 Å². The second kappa shape index (κ2) is 11.0. The second-order valence-electron chi connectivity index (χ2n) is 13.2. The molecule has 0 atom stereocenters. The van der Waals surface area contributed by atoms with E-state index in [0.29, 0.717) is 0 Å². The largest absolute Gasteiger partial charge is 0.310 e. The first kappa shape index (κ1) is 28.7. The van der Waals surface area contributed by atoms with E-state index >= 15 is 0 Å². The first-order valence-electron chi connectivity index (χ1n) is 16.4. The monoisotopic (exact) mass is 637 g/mol. The van der Waals surface area contributed by atoms with Crippen molar-refractivity contribution in [2.24, 2.45) is 0 Å². The Morgan fingerprint density at radius 3 is 1.81 bits per heavy atom. The zero-order valence-electron chi connectivity index (χ0n) is 26.7. The Kier molecular flexibility index (Phi) is 6.60. The summed E-state index contributed by atoms with van der Waals surface area (Å²) in [6, 6.07) is 55.4. The Morgan fingerprint density at radius 2 is 1.02 bits per heavy atom. The van der Waals surface area contributed by atoms with Gasteiger partial charge in [0.2, 0.25) is 0 Å². The lowest BCUT2D eigenvalue weighted by molar-refractivity contribution is 0.597. The number of halogens is 1. The quantitative estimate of drug-likeness (QED) is 0.186. The van der Waals surface area contributed by atoms with Crippen molar-refractivity contribution in [2.45, 2.75) is 19.3 Å². The maximum Gasteiger partial charge on any atom is 0.123 e. The molecular formula is C45H32FNS. The molecule has 0 amide bonds. The van der Waals surface area contributed by atoms with E-state index in [1.807, 2.05) is 23.5 Å². The third-order valence-electron chi connectivity index (χ3n) is 9.92. The summed E-state index contributed by atoms with van der Waals surface area (Å²) >= 11 is 1.85.